The van der Waals surface area contributed by atoms with Crippen molar-refractivity contribution in [3.63, 3.8) is 0 Å². The van der Waals surface area contributed by atoms with Crippen molar-refractivity contribution in [2.45, 2.75) is 6.04 Å². The second-order valence-electron chi connectivity index (χ2n) is 5.43. The summed E-state index contributed by atoms with van der Waals surface area (Å²) in [5.74, 6) is 1.66. The zero-order chi connectivity index (χ0) is 14.9. The van der Waals surface area contributed by atoms with E-state index in [1.165, 1.54) is 10.4 Å². The molecule has 1 atom stereocenters. The minimum absolute atomic E-state index is 0.256. The number of halogens is 1. The number of ether oxygens (including phenoxy) is 2. The number of benzene rings is 1. The zero-order valence-electron chi connectivity index (χ0n) is 12.0. The van der Waals surface area contributed by atoms with Crippen LogP contribution in [0.1, 0.15) is 16.5 Å². The fourth-order valence-electron chi connectivity index (χ4n) is 3.06. The first-order valence-electron chi connectivity index (χ1n) is 7.40. The molecule has 4 nitrogen and oxygen atoms in total. The maximum Gasteiger partial charge on any atom is 0.231 e. The molecule has 1 aromatic carbocycles. The highest BCUT2D eigenvalue weighted by Gasteiger charge is 2.28. The molecule has 116 valence electrons. The number of fused-ring (bicyclic) bond motifs is 1. The van der Waals surface area contributed by atoms with Crippen LogP contribution in [0.5, 0.6) is 11.5 Å². The van der Waals surface area contributed by atoms with Gasteiger partial charge in [-0.1, -0.05) is 22.0 Å². The maximum atomic E-state index is 5.58. The Labute approximate surface area is 142 Å². The van der Waals surface area contributed by atoms with Crippen molar-refractivity contribution in [3.05, 3.63) is 44.6 Å². The van der Waals surface area contributed by atoms with Gasteiger partial charge in [0, 0.05) is 35.5 Å². The van der Waals surface area contributed by atoms with Crippen LogP contribution in [0, 0.1) is 0 Å². The molecular weight excluding hydrogens is 364 g/mol. The first-order chi connectivity index (χ1) is 10.8. The van der Waals surface area contributed by atoms with E-state index in [0.29, 0.717) is 6.79 Å². The molecule has 1 fully saturated rings. The van der Waals surface area contributed by atoms with Gasteiger partial charge < -0.3 is 14.8 Å². The van der Waals surface area contributed by atoms with E-state index in [9.17, 15) is 0 Å². The van der Waals surface area contributed by atoms with Crippen molar-refractivity contribution in [2.24, 2.45) is 0 Å². The van der Waals surface area contributed by atoms with E-state index >= 15 is 0 Å². The third-order valence-corrected chi connectivity index (χ3v) is 5.73. The van der Waals surface area contributed by atoms with Gasteiger partial charge in [-0.15, -0.1) is 11.3 Å². The molecule has 0 radical (unpaired) electrons. The third kappa shape index (κ3) is 2.65. The Bertz CT molecular complexity index is 656. The number of rotatable bonds is 3. The SMILES string of the molecule is Brc1cc2c(cc1[C@H](c1cccs1)N1CCNCC1)OCO2. The van der Waals surface area contributed by atoms with Gasteiger partial charge in [-0.2, -0.15) is 0 Å². The number of hydrogen-bond acceptors (Lipinski definition) is 5. The van der Waals surface area contributed by atoms with Crippen LogP contribution in [0.25, 0.3) is 0 Å². The van der Waals surface area contributed by atoms with E-state index in [1.807, 2.05) is 6.07 Å². The number of nitrogens with one attached hydrogen (secondary N) is 1. The van der Waals surface area contributed by atoms with Gasteiger partial charge in [0.1, 0.15) is 0 Å². The first-order valence-corrected chi connectivity index (χ1v) is 9.07. The normalized spacial score (nSPS) is 19.3. The number of piperazine rings is 1. The quantitative estimate of drug-likeness (QED) is 0.885. The van der Waals surface area contributed by atoms with Gasteiger partial charge in [-0.25, -0.2) is 0 Å². The predicted molar refractivity (Wildman–Crippen MR) is 90.9 cm³/mol. The Morgan fingerprint density at radius 2 is 1.95 bits per heavy atom. The molecule has 0 saturated carbocycles. The summed E-state index contributed by atoms with van der Waals surface area (Å²) in [4.78, 5) is 3.89. The number of thiophene rings is 1. The molecule has 1 aromatic heterocycles. The highest BCUT2D eigenvalue weighted by Crippen LogP contribution is 2.43. The Kier molecular flexibility index (Phi) is 4.09. The van der Waals surface area contributed by atoms with Crippen LogP contribution in [0.3, 0.4) is 0 Å². The summed E-state index contributed by atoms with van der Waals surface area (Å²) in [6.07, 6.45) is 0. The van der Waals surface area contributed by atoms with Crippen molar-refractivity contribution in [2.75, 3.05) is 33.0 Å². The monoisotopic (exact) mass is 380 g/mol. The van der Waals surface area contributed by atoms with Gasteiger partial charge in [0.05, 0.1) is 6.04 Å². The molecule has 0 bridgehead atoms. The van der Waals surface area contributed by atoms with Gasteiger partial charge in [-0.05, 0) is 29.1 Å². The first kappa shape index (κ1) is 14.5. The van der Waals surface area contributed by atoms with E-state index in [4.69, 9.17) is 9.47 Å². The molecule has 0 spiro atoms. The van der Waals surface area contributed by atoms with Crippen molar-refractivity contribution in [1.29, 1.82) is 0 Å². The maximum absolute atomic E-state index is 5.58. The average molecular weight is 381 g/mol. The summed E-state index contributed by atoms with van der Waals surface area (Å²) in [5, 5.41) is 5.57. The average Bonchev–Trinajstić information content (AvgIpc) is 3.20. The van der Waals surface area contributed by atoms with Crippen LogP contribution in [0.4, 0.5) is 0 Å². The predicted octanol–water partition coefficient (Wildman–Crippen LogP) is 3.23. The summed E-state index contributed by atoms with van der Waals surface area (Å²) in [6.45, 7) is 4.46. The van der Waals surface area contributed by atoms with Crippen LogP contribution < -0.4 is 14.8 Å². The van der Waals surface area contributed by atoms with Crippen molar-refractivity contribution in [3.8, 4) is 11.5 Å². The van der Waals surface area contributed by atoms with Gasteiger partial charge in [0.15, 0.2) is 11.5 Å². The van der Waals surface area contributed by atoms with Crippen molar-refractivity contribution < 1.29 is 9.47 Å². The molecule has 2 aliphatic rings. The summed E-state index contributed by atoms with van der Waals surface area (Å²) < 4.78 is 12.1. The Balaban J connectivity index is 1.77. The van der Waals surface area contributed by atoms with Crippen molar-refractivity contribution in [1.82, 2.24) is 10.2 Å². The highest BCUT2D eigenvalue weighted by atomic mass is 79.9. The third-order valence-electron chi connectivity index (χ3n) is 4.12. The molecule has 0 amide bonds. The molecule has 0 unspecified atom stereocenters. The molecule has 22 heavy (non-hydrogen) atoms. The fourth-order valence-corrected chi connectivity index (χ4v) is 4.48. The summed E-state index contributed by atoms with van der Waals surface area (Å²) in [7, 11) is 0. The number of hydrogen-bond donors (Lipinski definition) is 1. The molecule has 2 aromatic rings. The smallest absolute Gasteiger partial charge is 0.231 e. The second kappa shape index (κ2) is 6.20. The molecule has 0 aliphatic carbocycles. The van der Waals surface area contributed by atoms with Crippen LogP contribution in [0.15, 0.2) is 34.1 Å². The molecule has 2 aliphatic heterocycles. The Morgan fingerprint density at radius 3 is 2.68 bits per heavy atom. The standard InChI is InChI=1S/C16H17BrN2O2S/c17-12-9-14-13(20-10-21-14)8-11(12)16(15-2-1-7-22-15)19-5-3-18-4-6-19/h1-2,7-9,16,18H,3-6,10H2/t16-/m1/s1. The minimum atomic E-state index is 0.256. The molecular formula is C16H17BrN2O2S. The van der Waals surface area contributed by atoms with Gasteiger partial charge >= 0.3 is 0 Å². The van der Waals surface area contributed by atoms with E-state index in [1.54, 1.807) is 11.3 Å². The molecule has 1 N–H and O–H groups in total. The molecule has 4 rings (SSSR count). The lowest BCUT2D eigenvalue weighted by Crippen LogP contribution is -2.45. The molecule has 6 heteroatoms. The van der Waals surface area contributed by atoms with Crippen LogP contribution in [0.2, 0.25) is 0 Å². The van der Waals surface area contributed by atoms with Gasteiger partial charge in [-0.3, -0.25) is 4.90 Å². The van der Waals surface area contributed by atoms with Gasteiger partial charge in [0.2, 0.25) is 6.79 Å². The minimum Gasteiger partial charge on any atom is -0.454 e. The van der Waals surface area contributed by atoms with E-state index in [-0.39, 0.29) is 6.04 Å². The summed E-state index contributed by atoms with van der Waals surface area (Å²) in [6, 6.07) is 8.75. The zero-order valence-corrected chi connectivity index (χ0v) is 14.5. The molecule has 3 heterocycles. The number of nitrogens with zero attached hydrogens (tertiary/aromatic N) is 1. The summed E-state index contributed by atoms with van der Waals surface area (Å²) >= 11 is 5.54. The topological polar surface area (TPSA) is 33.7 Å². The second-order valence-corrected chi connectivity index (χ2v) is 7.26. The lowest BCUT2D eigenvalue weighted by atomic mass is 10.0. The lowest BCUT2D eigenvalue weighted by molar-refractivity contribution is 0.173. The van der Waals surface area contributed by atoms with E-state index < -0.39 is 0 Å². The Hall–Kier alpha value is -1.08. The highest BCUT2D eigenvalue weighted by molar-refractivity contribution is 9.10. The Morgan fingerprint density at radius 1 is 1.18 bits per heavy atom. The van der Waals surface area contributed by atoms with Crippen LogP contribution in [-0.2, 0) is 0 Å². The fraction of sp³-hybridized carbons (Fsp3) is 0.375. The lowest BCUT2D eigenvalue weighted by Gasteiger charge is -2.35. The van der Waals surface area contributed by atoms with Crippen LogP contribution in [-0.4, -0.2) is 37.9 Å². The van der Waals surface area contributed by atoms with E-state index in [2.05, 4.69) is 49.7 Å². The van der Waals surface area contributed by atoms with Crippen LogP contribution >= 0.6 is 27.3 Å². The summed E-state index contributed by atoms with van der Waals surface area (Å²) in [5.41, 5.74) is 1.24. The molecule has 1 saturated heterocycles. The van der Waals surface area contributed by atoms with E-state index in [0.717, 1.165) is 42.2 Å². The van der Waals surface area contributed by atoms with Gasteiger partial charge in [0.25, 0.3) is 0 Å². The van der Waals surface area contributed by atoms with Crippen molar-refractivity contribution >= 4 is 27.3 Å². The largest absolute Gasteiger partial charge is 0.454 e.